The van der Waals surface area contributed by atoms with Crippen LogP contribution in [0.5, 0.6) is 5.75 Å². The smallest absolute Gasteiger partial charge is 0.349 e. The molecule has 1 N–H and O–H groups in total. The van der Waals surface area contributed by atoms with Crippen LogP contribution in [0, 0.1) is 0 Å². The topological polar surface area (TPSA) is 81.7 Å². The molecule has 6 heteroatoms. The van der Waals surface area contributed by atoms with Gasteiger partial charge in [0.1, 0.15) is 11.3 Å². The minimum atomic E-state index is -0.699. The van der Waals surface area contributed by atoms with Gasteiger partial charge in [-0.15, -0.1) is 0 Å². The summed E-state index contributed by atoms with van der Waals surface area (Å²) in [7, 11) is 1.49. The van der Waals surface area contributed by atoms with Crippen molar-refractivity contribution in [2.45, 2.75) is 19.4 Å². The summed E-state index contributed by atoms with van der Waals surface area (Å²) in [6, 6.07) is 10.2. The number of carbonyl (C=O) groups is 1. The van der Waals surface area contributed by atoms with E-state index in [0.29, 0.717) is 23.1 Å². The van der Waals surface area contributed by atoms with Crippen LogP contribution in [0.3, 0.4) is 0 Å². The quantitative estimate of drug-likeness (QED) is 0.729. The Labute approximate surface area is 138 Å². The lowest BCUT2D eigenvalue weighted by Crippen LogP contribution is -2.36. The molecule has 1 unspecified atom stereocenters. The molecule has 1 aromatic carbocycles. The number of hydrogen-bond acceptors (Lipinski definition) is 5. The largest absolute Gasteiger partial charge is 0.493 e. The van der Waals surface area contributed by atoms with Crippen LogP contribution in [-0.4, -0.2) is 19.1 Å². The molecule has 1 atom stereocenters. The van der Waals surface area contributed by atoms with E-state index in [-0.39, 0.29) is 11.6 Å². The van der Waals surface area contributed by atoms with Gasteiger partial charge in [0.2, 0.25) is 0 Å². The Hall–Kier alpha value is -3.02. The average molecular weight is 327 g/mol. The van der Waals surface area contributed by atoms with E-state index in [2.05, 4.69) is 5.32 Å². The molecule has 0 saturated carbocycles. The Morgan fingerprint density at radius 1 is 1.29 bits per heavy atom. The predicted octanol–water partition coefficient (Wildman–Crippen LogP) is 2.76. The minimum absolute atomic E-state index is 0.0398. The van der Waals surface area contributed by atoms with Crippen LogP contribution in [-0.2, 0) is 6.42 Å². The van der Waals surface area contributed by atoms with Gasteiger partial charge < -0.3 is 18.9 Å². The number of nitrogens with one attached hydrogen (secondary N) is 1. The zero-order valence-electron chi connectivity index (χ0n) is 13.4. The maximum absolute atomic E-state index is 12.4. The van der Waals surface area contributed by atoms with E-state index in [9.17, 15) is 9.59 Å². The van der Waals surface area contributed by atoms with Gasteiger partial charge in [-0.1, -0.05) is 12.1 Å². The number of para-hydroxylation sites is 1. The highest BCUT2D eigenvalue weighted by Crippen LogP contribution is 2.24. The molecule has 0 aliphatic rings. The van der Waals surface area contributed by atoms with Gasteiger partial charge in [-0.25, -0.2) is 4.79 Å². The van der Waals surface area contributed by atoms with Crippen molar-refractivity contribution in [1.29, 1.82) is 0 Å². The Morgan fingerprint density at radius 2 is 2.12 bits per heavy atom. The lowest BCUT2D eigenvalue weighted by atomic mass is 10.1. The lowest BCUT2D eigenvalue weighted by Gasteiger charge is -2.12. The second-order valence-electron chi connectivity index (χ2n) is 5.48. The highest BCUT2D eigenvalue weighted by atomic mass is 16.5. The average Bonchev–Trinajstić information content (AvgIpc) is 3.06. The third-order valence-electron chi connectivity index (χ3n) is 3.65. The van der Waals surface area contributed by atoms with Gasteiger partial charge in [0.05, 0.1) is 13.4 Å². The summed E-state index contributed by atoms with van der Waals surface area (Å²) < 4.78 is 15.7. The molecule has 0 aliphatic heterocycles. The van der Waals surface area contributed by atoms with Gasteiger partial charge in [-0.2, -0.15) is 0 Å². The summed E-state index contributed by atoms with van der Waals surface area (Å²) in [5, 5.41) is 3.40. The molecule has 0 radical (unpaired) electrons. The van der Waals surface area contributed by atoms with Gasteiger partial charge >= 0.3 is 5.63 Å². The Bertz CT molecular complexity index is 911. The second-order valence-corrected chi connectivity index (χ2v) is 5.48. The van der Waals surface area contributed by atoms with Gasteiger partial charge in [-0.05, 0) is 31.2 Å². The molecule has 1 amide bonds. The van der Waals surface area contributed by atoms with Crippen LogP contribution in [0.25, 0.3) is 11.0 Å². The van der Waals surface area contributed by atoms with E-state index in [4.69, 9.17) is 13.6 Å². The van der Waals surface area contributed by atoms with Crippen molar-refractivity contribution in [2.24, 2.45) is 0 Å². The Balaban J connectivity index is 1.84. The first kappa shape index (κ1) is 15.9. The fourth-order valence-electron chi connectivity index (χ4n) is 2.52. The van der Waals surface area contributed by atoms with Crippen molar-refractivity contribution in [1.82, 2.24) is 5.32 Å². The van der Waals surface area contributed by atoms with Crippen LogP contribution in [0.2, 0.25) is 0 Å². The van der Waals surface area contributed by atoms with Crippen LogP contribution >= 0.6 is 0 Å². The number of carbonyl (C=O) groups excluding carboxylic acids is 1. The highest BCUT2D eigenvalue weighted by molar-refractivity contribution is 5.97. The third kappa shape index (κ3) is 3.17. The summed E-state index contributed by atoms with van der Waals surface area (Å²) in [6.45, 7) is 1.84. The standard InChI is InChI=1S/C18H17NO5/c1-11(9-13-6-4-8-23-13)19-17(20)14-10-12-5-3-7-15(22-2)16(12)24-18(14)21/h3-8,10-11H,9H2,1-2H3,(H,19,20). The molecular formula is C18H17NO5. The fraction of sp³-hybridized carbons (Fsp3) is 0.222. The number of hydrogen-bond donors (Lipinski definition) is 1. The first-order valence-corrected chi connectivity index (χ1v) is 7.52. The molecule has 2 aromatic heterocycles. The number of rotatable bonds is 5. The summed E-state index contributed by atoms with van der Waals surface area (Å²) in [6.07, 6.45) is 2.11. The molecule has 2 heterocycles. The predicted molar refractivity (Wildman–Crippen MR) is 88.4 cm³/mol. The van der Waals surface area contributed by atoms with Crippen molar-refractivity contribution in [3.8, 4) is 5.75 Å². The molecule has 3 aromatic rings. The van der Waals surface area contributed by atoms with Crippen LogP contribution in [0.4, 0.5) is 0 Å². The fourth-order valence-corrected chi connectivity index (χ4v) is 2.52. The number of furan rings is 1. The van der Waals surface area contributed by atoms with Gasteiger partial charge in [-0.3, -0.25) is 4.79 Å². The Kier molecular flexibility index (Phi) is 4.37. The molecule has 0 fully saturated rings. The van der Waals surface area contributed by atoms with E-state index >= 15 is 0 Å². The Morgan fingerprint density at radius 3 is 2.83 bits per heavy atom. The molecule has 3 rings (SSSR count). The highest BCUT2D eigenvalue weighted by Gasteiger charge is 2.17. The van der Waals surface area contributed by atoms with Crippen molar-refractivity contribution >= 4 is 16.9 Å². The first-order valence-electron chi connectivity index (χ1n) is 7.52. The van der Waals surface area contributed by atoms with Crippen LogP contribution < -0.4 is 15.7 Å². The van der Waals surface area contributed by atoms with E-state index < -0.39 is 11.5 Å². The molecule has 0 saturated heterocycles. The molecule has 24 heavy (non-hydrogen) atoms. The lowest BCUT2D eigenvalue weighted by molar-refractivity contribution is 0.0935. The zero-order valence-corrected chi connectivity index (χ0v) is 13.4. The van der Waals surface area contributed by atoms with Crippen LogP contribution in [0.1, 0.15) is 23.0 Å². The molecule has 124 valence electrons. The number of methoxy groups -OCH3 is 1. The van der Waals surface area contributed by atoms with Crippen molar-refractivity contribution < 1.29 is 18.4 Å². The molecule has 0 bridgehead atoms. The molecule has 0 aliphatic carbocycles. The summed E-state index contributed by atoms with van der Waals surface area (Å²) in [4.78, 5) is 24.5. The second kappa shape index (κ2) is 6.62. The van der Waals surface area contributed by atoms with E-state index in [1.54, 1.807) is 30.5 Å². The minimum Gasteiger partial charge on any atom is -0.493 e. The monoisotopic (exact) mass is 327 g/mol. The normalized spacial score (nSPS) is 12.1. The maximum atomic E-state index is 12.4. The molecule has 0 spiro atoms. The maximum Gasteiger partial charge on any atom is 0.349 e. The third-order valence-corrected chi connectivity index (χ3v) is 3.65. The summed E-state index contributed by atoms with van der Waals surface area (Å²) in [5.74, 6) is 0.730. The van der Waals surface area contributed by atoms with Crippen molar-refractivity contribution in [3.63, 3.8) is 0 Å². The van der Waals surface area contributed by atoms with Crippen molar-refractivity contribution in [3.05, 3.63) is 64.4 Å². The number of amides is 1. The van der Waals surface area contributed by atoms with Crippen LogP contribution in [0.15, 0.2) is 56.3 Å². The van der Waals surface area contributed by atoms with Gasteiger partial charge in [0, 0.05) is 17.8 Å². The van der Waals surface area contributed by atoms with Crippen molar-refractivity contribution in [2.75, 3.05) is 7.11 Å². The van der Waals surface area contributed by atoms with E-state index in [0.717, 1.165) is 5.76 Å². The summed E-state index contributed by atoms with van der Waals surface area (Å²) >= 11 is 0. The van der Waals surface area contributed by atoms with E-state index in [1.165, 1.54) is 13.2 Å². The summed E-state index contributed by atoms with van der Waals surface area (Å²) in [5.41, 5.74) is -0.415. The molecule has 6 nitrogen and oxygen atoms in total. The molecular weight excluding hydrogens is 310 g/mol. The van der Waals surface area contributed by atoms with Gasteiger partial charge in [0.15, 0.2) is 11.3 Å². The SMILES string of the molecule is COc1cccc2cc(C(=O)NC(C)Cc3ccco3)c(=O)oc12. The number of fused-ring (bicyclic) bond motifs is 1. The zero-order chi connectivity index (χ0) is 17.1. The number of benzene rings is 1. The first-order chi connectivity index (χ1) is 11.6. The van der Waals surface area contributed by atoms with Gasteiger partial charge in [0.25, 0.3) is 5.91 Å². The number of ether oxygens (including phenoxy) is 1. The van der Waals surface area contributed by atoms with E-state index in [1.807, 2.05) is 13.0 Å².